The van der Waals surface area contributed by atoms with Crippen molar-refractivity contribution in [2.45, 2.75) is 32.9 Å². The Hall–Kier alpha value is -3.39. The zero-order valence-electron chi connectivity index (χ0n) is 17.2. The highest BCUT2D eigenvalue weighted by molar-refractivity contribution is 6.06. The Labute approximate surface area is 174 Å². The first-order valence-corrected chi connectivity index (χ1v) is 10.0. The van der Waals surface area contributed by atoms with Gasteiger partial charge in [0.15, 0.2) is 11.5 Å². The van der Waals surface area contributed by atoms with Gasteiger partial charge in [0.2, 0.25) is 0 Å². The zero-order chi connectivity index (χ0) is 20.8. The van der Waals surface area contributed by atoms with Gasteiger partial charge in [0.05, 0.1) is 24.6 Å². The number of aryl methyl sites for hydroxylation is 1. The fourth-order valence-electron chi connectivity index (χ4n) is 3.83. The average Bonchev–Trinajstić information content (AvgIpc) is 3.44. The third kappa shape index (κ3) is 3.19. The largest absolute Gasteiger partial charge is 0.387 e. The summed E-state index contributed by atoms with van der Waals surface area (Å²) in [4.78, 5) is 13.8. The monoisotopic (exact) mass is 401 g/mol. The van der Waals surface area contributed by atoms with Crippen LogP contribution in [-0.2, 0) is 20.0 Å². The normalized spacial score (nSPS) is 14.4. The van der Waals surface area contributed by atoms with Crippen molar-refractivity contribution in [2.75, 3.05) is 0 Å². The number of fused-ring (bicyclic) bond motifs is 2. The van der Waals surface area contributed by atoms with Gasteiger partial charge in [-0.3, -0.25) is 14.7 Å². The Morgan fingerprint density at radius 1 is 1.23 bits per heavy atom. The van der Waals surface area contributed by atoms with Crippen molar-refractivity contribution >= 4 is 11.4 Å². The number of aliphatic hydroxyl groups excluding tert-OH is 1. The SMILES string of the molecule is CC(C)C(O)C1=NCc2cc(Cc3nc4c(-c5cnn(C)c5)nccn4n3)ccc21. The van der Waals surface area contributed by atoms with Gasteiger partial charge in [0.25, 0.3) is 0 Å². The third-order valence-corrected chi connectivity index (χ3v) is 5.42. The van der Waals surface area contributed by atoms with Crippen molar-refractivity contribution < 1.29 is 5.11 Å². The van der Waals surface area contributed by atoms with Crippen LogP contribution in [0, 0.1) is 5.92 Å². The lowest BCUT2D eigenvalue weighted by Gasteiger charge is -2.15. The number of nitrogens with zero attached hydrogens (tertiary/aromatic N) is 7. The summed E-state index contributed by atoms with van der Waals surface area (Å²) in [5.41, 5.74) is 6.49. The molecule has 0 saturated heterocycles. The summed E-state index contributed by atoms with van der Waals surface area (Å²) in [5, 5.41) is 19.3. The lowest BCUT2D eigenvalue weighted by atomic mass is 9.94. The molecule has 0 fully saturated rings. The summed E-state index contributed by atoms with van der Waals surface area (Å²) in [7, 11) is 1.88. The van der Waals surface area contributed by atoms with E-state index in [1.54, 1.807) is 21.6 Å². The molecule has 0 spiro atoms. The van der Waals surface area contributed by atoms with Gasteiger partial charge >= 0.3 is 0 Å². The molecule has 8 heteroatoms. The molecule has 5 rings (SSSR count). The highest BCUT2D eigenvalue weighted by Gasteiger charge is 2.25. The maximum absolute atomic E-state index is 10.4. The molecule has 1 unspecified atom stereocenters. The van der Waals surface area contributed by atoms with E-state index in [2.05, 4.69) is 38.4 Å². The van der Waals surface area contributed by atoms with E-state index in [-0.39, 0.29) is 5.92 Å². The van der Waals surface area contributed by atoms with Crippen LogP contribution in [0.4, 0.5) is 0 Å². The number of aliphatic hydroxyl groups is 1. The average molecular weight is 401 g/mol. The number of hydrogen-bond donors (Lipinski definition) is 1. The topological polar surface area (TPSA) is 93.5 Å². The van der Waals surface area contributed by atoms with Crippen molar-refractivity contribution in [2.24, 2.45) is 18.0 Å². The van der Waals surface area contributed by atoms with Crippen LogP contribution in [0.2, 0.25) is 0 Å². The number of benzene rings is 1. The molecule has 8 nitrogen and oxygen atoms in total. The van der Waals surface area contributed by atoms with E-state index in [0.29, 0.717) is 18.6 Å². The second-order valence-corrected chi connectivity index (χ2v) is 8.03. The van der Waals surface area contributed by atoms with Gasteiger partial charge in [-0.1, -0.05) is 32.0 Å². The lowest BCUT2D eigenvalue weighted by molar-refractivity contribution is 0.191. The first-order chi connectivity index (χ1) is 14.5. The molecular weight excluding hydrogens is 378 g/mol. The minimum absolute atomic E-state index is 0.138. The van der Waals surface area contributed by atoms with Gasteiger partial charge in [-0.2, -0.15) is 10.2 Å². The van der Waals surface area contributed by atoms with Crippen LogP contribution in [0.5, 0.6) is 0 Å². The summed E-state index contributed by atoms with van der Waals surface area (Å²) in [5.74, 6) is 0.869. The third-order valence-electron chi connectivity index (χ3n) is 5.42. The molecule has 4 aromatic rings. The maximum Gasteiger partial charge on any atom is 0.182 e. The van der Waals surface area contributed by atoms with Crippen LogP contribution in [0.25, 0.3) is 16.9 Å². The van der Waals surface area contributed by atoms with Gasteiger partial charge in [-0.15, -0.1) is 0 Å². The quantitative estimate of drug-likeness (QED) is 0.554. The van der Waals surface area contributed by atoms with E-state index in [4.69, 9.17) is 4.98 Å². The molecule has 0 aliphatic carbocycles. The molecule has 0 saturated carbocycles. The fraction of sp³-hybridized carbons (Fsp3) is 0.318. The molecule has 0 radical (unpaired) electrons. The molecule has 1 aliphatic rings. The highest BCUT2D eigenvalue weighted by atomic mass is 16.3. The lowest BCUT2D eigenvalue weighted by Crippen LogP contribution is -2.25. The van der Waals surface area contributed by atoms with Gasteiger partial charge in [0, 0.05) is 43.2 Å². The Kier molecular flexibility index (Phi) is 4.43. The van der Waals surface area contributed by atoms with Crippen molar-refractivity contribution in [3.8, 4) is 11.3 Å². The standard InChI is InChI=1S/C22H23N7O/c1-13(2)21(30)20-17-5-4-14(8-15(17)10-24-20)9-18-26-22-19(16-11-25-28(3)12-16)23-6-7-29(22)27-18/h4-8,11-13,21,30H,9-10H2,1-3H3. The van der Waals surface area contributed by atoms with E-state index in [1.165, 1.54) is 0 Å². The number of hydrogen-bond acceptors (Lipinski definition) is 6. The van der Waals surface area contributed by atoms with Crippen LogP contribution in [0.15, 0.2) is 48.0 Å². The molecule has 0 bridgehead atoms. The summed E-state index contributed by atoms with van der Waals surface area (Å²) in [6.45, 7) is 4.61. The molecule has 1 aliphatic heterocycles. The minimum Gasteiger partial charge on any atom is -0.387 e. The van der Waals surface area contributed by atoms with E-state index in [0.717, 1.165) is 39.5 Å². The second kappa shape index (κ2) is 7.14. The van der Waals surface area contributed by atoms with Crippen LogP contribution < -0.4 is 0 Å². The number of aliphatic imine (C=N–C) groups is 1. The van der Waals surface area contributed by atoms with Gasteiger partial charge < -0.3 is 5.11 Å². The van der Waals surface area contributed by atoms with Gasteiger partial charge in [0.1, 0.15) is 5.69 Å². The predicted molar refractivity (Wildman–Crippen MR) is 113 cm³/mol. The summed E-state index contributed by atoms with van der Waals surface area (Å²) >= 11 is 0. The maximum atomic E-state index is 10.4. The first kappa shape index (κ1) is 18.6. The van der Waals surface area contributed by atoms with E-state index in [1.807, 2.05) is 33.3 Å². The van der Waals surface area contributed by atoms with Gasteiger partial charge in [-0.05, 0) is 17.0 Å². The van der Waals surface area contributed by atoms with Gasteiger partial charge in [-0.25, -0.2) is 9.50 Å². The Morgan fingerprint density at radius 3 is 2.87 bits per heavy atom. The smallest absolute Gasteiger partial charge is 0.182 e. The molecule has 1 aromatic carbocycles. The molecular formula is C22H23N7O. The predicted octanol–water partition coefficient (Wildman–Crippen LogP) is 2.44. The van der Waals surface area contributed by atoms with E-state index in [9.17, 15) is 5.11 Å². The number of aromatic nitrogens is 6. The Bertz CT molecular complexity index is 1270. The molecule has 30 heavy (non-hydrogen) atoms. The second-order valence-electron chi connectivity index (χ2n) is 8.03. The highest BCUT2D eigenvalue weighted by Crippen LogP contribution is 2.25. The van der Waals surface area contributed by atoms with Crippen LogP contribution in [-0.4, -0.2) is 46.3 Å². The van der Waals surface area contributed by atoms with Crippen LogP contribution in [0.1, 0.15) is 36.4 Å². The van der Waals surface area contributed by atoms with E-state index >= 15 is 0 Å². The Balaban J connectivity index is 1.43. The first-order valence-electron chi connectivity index (χ1n) is 10.0. The Morgan fingerprint density at radius 2 is 2.10 bits per heavy atom. The summed E-state index contributed by atoms with van der Waals surface area (Å²) < 4.78 is 3.51. The summed E-state index contributed by atoms with van der Waals surface area (Å²) in [6, 6.07) is 6.27. The van der Waals surface area contributed by atoms with Crippen LogP contribution >= 0.6 is 0 Å². The fourth-order valence-corrected chi connectivity index (χ4v) is 3.83. The molecule has 1 N–H and O–H groups in total. The van der Waals surface area contributed by atoms with Crippen molar-refractivity contribution in [3.05, 3.63) is 65.5 Å². The minimum atomic E-state index is -0.532. The number of rotatable bonds is 5. The molecule has 4 heterocycles. The molecule has 152 valence electrons. The summed E-state index contributed by atoms with van der Waals surface area (Å²) in [6.07, 6.45) is 7.31. The van der Waals surface area contributed by atoms with E-state index < -0.39 is 6.10 Å². The molecule has 3 aromatic heterocycles. The molecule has 1 atom stereocenters. The van der Waals surface area contributed by atoms with Crippen molar-refractivity contribution in [1.82, 2.24) is 29.4 Å². The van der Waals surface area contributed by atoms with Crippen molar-refractivity contribution in [3.63, 3.8) is 0 Å². The zero-order valence-corrected chi connectivity index (χ0v) is 17.2. The molecule has 0 amide bonds. The van der Waals surface area contributed by atoms with Crippen LogP contribution in [0.3, 0.4) is 0 Å². The van der Waals surface area contributed by atoms with Crippen molar-refractivity contribution in [1.29, 1.82) is 0 Å².